The summed E-state index contributed by atoms with van der Waals surface area (Å²) in [6.07, 6.45) is 0. The summed E-state index contributed by atoms with van der Waals surface area (Å²) < 4.78 is 39.8. The first-order valence-corrected chi connectivity index (χ1v) is 12.0. The van der Waals surface area contributed by atoms with E-state index in [0.29, 0.717) is 28.2 Å². The molecule has 0 saturated carbocycles. The minimum atomic E-state index is -3.96. The van der Waals surface area contributed by atoms with Gasteiger partial charge in [0.2, 0.25) is 9.84 Å². The molecule has 0 aliphatic carbocycles. The lowest BCUT2D eigenvalue weighted by atomic mass is 10.2. The highest BCUT2D eigenvalue weighted by Crippen LogP contribution is 2.36. The summed E-state index contributed by atoms with van der Waals surface area (Å²) in [6, 6.07) is 20.9. The molecule has 2 N–H and O–H groups in total. The molecule has 0 spiro atoms. The number of ether oxygens (including phenoxy) is 2. The first-order valence-electron chi connectivity index (χ1n) is 10.5. The number of rotatable bonds is 6. The summed E-state index contributed by atoms with van der Waals surface area (Å²) in [5.41, 5.74) is 9.17. The summed E-state index contributed by atoms with van der Waals surface area (Å²) >= 11 is 0. The summed E-state index contributed by atoms with van der Waals surface area (Å²) in [5.74, 6) is 1.28. The second-order valence-electron chi connectivity index (χ2n) is 7.72. The van der Waals surface area contributed by atoms with E-state index in [2.05, 4.69) is 4.98 Å². The number of nitrogen functional groups attached to an aromatic ring is 1. The van der Waals surface area contributed by atoms with Crippen LogP contribution >= 0.6 is 0 Å². The van der Waals surface area contributed by atoms with Crippen LogP contribution < -0.4 is 15.2 Å². The third kappa shape index (κ3) is 3.60. The number of anilines is 1. The molecule has 9 heteroatoms. The maximum atomic E-state index is 13.7. The van der Waals surface area contributed by atoms with E-state index in [1.807, 2.05) is 30.3 Å². The van der Waals surface area contributed by atoms with Crippen molar-refractivity contribution in [1.82, 2.24) is 14.5 Å². The van der Waals surface area contributed by atoms with E-state index < -0.39 is 9.84 Å². The Morgan fingerprint density at radius 3 is 2.06 bits per heavy atom. The van der Waals surface area contributed by atoms with Gasteiger partial charge in [-0.25, -0.2) is 18.4 Å². The lowest BCUT2D eigenvalue weighted by Gasteiger charge is -2.11. The predicted molar refractivity (Wildman–Crippen MR) is 130 cm³/mol. The summed E-state index contributed by atoms with van der Waals surface area (Å²) in [5, 5.41) is 0. The van der Waals surface area contributed by atoms with Crippen molar-refractivity contribution < 1.29 is 17.9 Å². The van der Waals surface area contributed by atoms with E-state index in [4.69, 9.17) is 20.2 Å². The van der Waals surface area contributed by atoms with E-state index >= 15 is 0 Å². The number of para-hydroxylation sites is 2. The topological polar surface area (TPSA) is 109 Å². The molecule has 3 aromatic carbocycles. The van der Waals surface area contributed by atoms with Crippen molar-refractivity contribution in [2.45, 2.75) is 16.3 Å². The highest BCUT2D eigenvalue weighted by atomic mass is 32.2. The Balaban J connectivity index is 1.79. The third-order valence-corrected chi connectivity index (χ3v) is 7.45. The van der Waals surface area contributed by atoms with Gasteiger partial charge in [-0.3, -0.25) is 0 Å². The van der Waals surface area contributed by atoms with Gasteiger partial charge < -0.3 is 19.8 Å². The number of aromatic nitrogens is 3. The Hall–Kier alpha value is -4.11. The predicted octanol–water partition coefficient (Wildman–Crippen LogP) is 4.07. The zero-order valence-corrected chi connectivity index (χ0v) is 19.4. The lowest BCUT2D eigenvalue weighted by molar-refractivity contribution is 0.393. The van der Waals surface area contributed by atoms with E-state index in [0.717, 1.165) is 5.56 Å². The van der Waals surface area contributed by atoms with Gasteiger partial charge in [0.1, 0.15) is 27.7 Å². The average Bonchev–Trinajstić information content (AvgIpc) is 3.13. The molecule has 0 saturated heterocycles. The fourth-order valence-electron chi connectivity index (χ4n) is 3.97. The van der Waals surface area contributed by atoms with E-state index in [1.165, 1.54) is 0 Å². The first kappa shape index (κ1) is 21.7. The maximum absolute atomic E-state index is 13.7. The number of hydrogen-bond acceptors (Lipinski definition) is 7. The molecule has 172 valence electrons. The van der Waals surface area contributed by atoms with Crippen LogP contribution in [-0.2, 0) is 16.4 Å². The minimum absolute atomic E-state index is 0.0539. The molecule has 0 aliphatic heterocycles. The molecule has 5 rings (SSSR count). The third-order valence-electron chi connectivity index (χ3n) is 5.62. The number of methoxy groups -OCH3 is 2. The monoisotopic (exact) mass is 474 g/mol. The van der Waals surface area contributed by atoms with Crippen molar-refractivity contribution in [3.8, 4) is 11.5 Å². The fraction of sp³-hybridized carbons (Fsp3) is 0.120. The Morgan fingerprint density at radius 2 is 1.44 bits per heavy atom. The summed E-state index contributed by atoms with van der Waals surface area (Å²) in [7, 11) is -0.821. The molecule has 0 amide bonds. The van der Waals surface area contributed by atoms with E-state index in [9.17, 15) is 8.42 Å². The van der Waals surface area contributed by atoms with Gasteiger partial charge in [-0.05, 0) is 42.0 Å². The zero-order valence-electron chi connectivity index (χ0n) is 18.6. The van der Waals surface area contributed by atoms with Gasteiger partial charge in [0.15, 0.2) is 5.65 Å². The minimum Gasteiger partial charge on any atom is -0.497 e. The zero-order chi connectivity index (χ0) is 23.9. The smallest absolute Gasteiger partial charge is 0.212 e. The van der Waals surface area contributed by atoms with Crippen molar-refractivity contribution in [3.63, 3.8) is 0 Å². The van der Waals surface area contributed by atoms with Crippen molar-refractivity contribution in [1.29, 1.82) is 0 Å². The number of hydrogen-bond donors (Lipinski definition) is 1. The summed E-state index contributed by atoms with van der Waals surface area (Å²) in [6.45, 7) is 0.243. The second-order valence-corrected chi connectivity index (χ2v) is 9.61. The standard InChI is InChI=1S/C25H22N4O4S/c1-32-17-12-16(13-18(14-17)33-2)15-29-24(26)23(34(30,31)19-8-4-3-5-9-19)22-25(29)28-21-11-7-6-10-20(21)27-22/h3-14H,15,26H2,1-2H3. The van der Waals surface area contributed by atoms with Crippen molar-refractivity contribution >= 4 is 37.9 Å². The van der Waals surface area contributed by atoms with E-state index in [1.54, 1.807) is 61.3 Å². The molecule has 2 aromatic heterocycles. The molecule has 0 bridgehead atoms. The molecule has 8 nitrogen and oxygen atoms in total. The normalized spacial score (nSPS) is 11.7. The van der Waals surface area contributed by atoms with Crippen LogP contribution in [-0.4, -0.2) is 37.2 Å². The Labute approximate surface area is 196 Å². The molecule has 2 heterocycles. The number of benzene rings is 3. The molecular formula is C25H22N4O4S. The van der Waals surface area contributed by atoms with Crippen LogP contribution in [0.1, 0.15) is 5.56 Å². The maximum Gasteiger partial charge on any atom is 0.212 e. The van der Waals surface area contributed by atoms with Crippen LogP contribution in [0, 0.1) is 0 Å². The average molecular weight is 475 g/mol. The highest BCUT2D eigenvalue weighted by Gasteiger charge is 2.30. The molecule has 34 heavy (non-hydrogen) atoms. The second kappa shape index (κ2) is 8.35. The Morgan fingerprint density at radius 1 is 0.853 bits per heavy atom. The number of nitrogens with zero attached hydrogens (tertiary/aromatic N) is 3. The molecule has 0 fully saturated rings. The highest BCUT2D eigenvalue weighted by molar-refractivity contribution is 7.92. The van der Waals surface area contributed by atoms with Gasteiger partial charge in [0, 0.05) is 6.07 Å². The van der Waals surface area contributed by atoms with Gasteiger partial charge in [-0.2, -0.15) is 0 Å². The van der Waals surface area contributed by atoms with Crippen molar-refractivity contribution in [3.05, 3.63) is 78.4 Å². The van der Waals surface area contributed by atoms with Crippen LogP contribution in [0.3, 0.4) is 0 Å². The molecule has 0 atom stereocenters. The van der Waals surface area contributed by atoms with Gasteiger partial charge in [0.05, 0.1) is 36.7 Å². The van der Waals surface area contributed by atoms with Crippen molar-refractivity contribution in [2.24, 2.45) is 0 Å². The molecule has 0 radical (unpaired) electrons. The van der Waals surface area contributed by atoms with Gasteiger partial charge in [-0.15, -0.1) is 0 Å². The van der Waals surface area contributed by atoms with Crippen LogP contribution in [0.15, 0.2) is 82.6 Å². The van der Waals surface area contributed by atoms with Crippen molar-refractivity contribution in [2.75, 3.05) is 20.0 Å². The fourth-order valence-corrected chi connectivity index (χ4v) is 5.50. The molecule has 0 aliphatic rings. The van der Waals surface area contributed by atoms with Gasteiger partial charge >= 0.3 is 0 Å². The lowest BCUT2D eigenvalue weighted by Crippen LogP contribution is -2.09. The quantitative estimate of drug-likeness (QED) is 0.395. The van der Waals surface area contributed by atoms with Crippen LogP contribution in [0.25, 0.3) is 22.2 Å². The molecule has 5 aromatic rings. The molecule has 0 unspecified atom stereocenters. The Bertz CT molecular complexity index is 1610. The van der Waals surface area contributed by atoms with Gasteiger partial charge in [-0.1, -0.05) is 30.3 Å². The Kier molecular flexibility index (Phi) is 5.33. The van der Waals surface area contributed by atoms with E-state index in [-0.39, 0.29) is 27.7 Å². The van der Waals surface area contributed by atoms with Gasteiger partial charge in [0.25, 0.3) is 0 Å². The van der Waals surface area contributed by atoms with Crippen LogP contribution in [0.5, 0.6) is 11.5 Å². The first-order chi connectivity index (χ1) is 16.4. The van der Waals surface area contributed by atoms with Crippen LogP contribution in [0.4, 0.5) is 5.82 Å². The number of nitrogens with two attached hydrogens (primary N) is 1. The van der Waals surface area contributed by atoms with Crippen LogP contribution in [0.2, 0.25) is 0 Å². The number of fused-ring (bicyclic) bond motifs is 2. The molecular weight excluding hydrogens is 452 g/mol. The largest absolute Gasteiger partial charge is 0.497 e. The number of sulfone groups is 1. The summed E-state index contributed by atoms with van der Waals surface area (Å²) in [4.78, 5) is 9.49. The SMILES string of the molecule is COc1cc(Cn2c(N)c(S(=O)(=O)c3ccccc3)c3nc4ccccc4nc32)cc(OC)c1.